The predicted octanol–water partition coefficient (Wildman–Crippen LogP) is 6.94. The van der Waals surface area contributed by atoms with Gasteiger partial charge in [-0.25, -0.2) is 12.8 Å². The Morgan fingerprint density at radius 1 is 0.903 bits per heavy atom. The van der Waals surface area contributed by atoms with E-state index in [1.807, 2.05) is 0 Å². The second-order valence-corrected chi connectivity index (χ2v) is 9.24. The van der Waals surface area contributed by atoms with E-state index >= 15 is 0 Å². The van der Waals surface area contributed by atoms with E-state index in [1.165, 1.54) is 18.2 Å². The number of benzene rings is 3. The maximum absolute atomic E-state index is 13.3. The number of nitro groups is 1. The number of hydrogen-bond donors (Lipinski definition) is 1. The number of nitrogens with zero attached hydrogens (tertiary/aromatic N) is 1. The van der Waals surface area contributed by atoms with Crippen molar-refractivity contribution in [3.63, 3.8) is 0 Å². The van der Waals surface area contributed by atoms with Crippen LogP contribution in [0.4, 0.5) is 15.8 Å². The van der Waals surface area contributed by atoms with Crippen LogP contribution in [-0.2, 0) is 10.0 Å². The second kappa shape index (κ2) is 9.05. The number of sulfonamides is 1. The highest BCUT2D eigenvalue weighted by molar-refractivity contribution is 7.92. The minimum atomic E-state index is -4.16. The summed E-state index contributed by atoms with van der Waals surface area (Å²) in [5.41, 5.74) is -0.223. The van der Waals surface area contributed by atoms with Gasteiger partial charge >= 0.3 is 0 Å². The summed E-state index contributed by atoms with van der Waals surface area (Å²) >= 11 is 23.9. The first-order chi connectivity index (χ1) is 14.5. The van der Waals surface area contributed by atoms with E-state index in [0.29, 0.717) is 0 Å². The molecule has 0 bridgehead atoms. The van der Waals surface area contributed by atoms with Gasteiger partial charge in [0, 0.05) is 12.1 Å². The van der Waals surface area contributed by atoms with Crippen molar-refractivity contribution in [3.05, 3.63) is 84.6 Å². The van der Waals surface area contributed by atoms with Gasteiger partial charge in [-0.05, 0) is 36.4 Å². The maximum Gasteiger partial charge on any atom is 0.271 e. The number of ether oxygens (including phenoxy) is 1. The van der Waals surface area contributed by atoms with E-state index in [2.05, 4.69) is 4.72 Å². The lowest BCUT2D eigenvalue weighted by molar-refractivity contribution is -0.384. The van der Waals surface area contributed by atoms with Crippen LogP contribution in [0.3, 0.4) is 0 Å². The molecule has 0 aliphatic carbocycles. The highest BCUT2D eigenvalue weighted by atomic mass is 35.5. The Morgan fingerprint density at radius 2 is 1.55 bits per heavy atom. The van der Waals surface area contributed by atoms with E-state index in [1.54, 1.807) is 0 Å². The van der Waals surface area contributed by atoms with Crippen LogP contribution >= 0.6 is 46.4 Å². The van der Waals surface area contributed by atoms with Crippen molar-refractivity contribution in [2.45, 2.75) is 4.90 Å². The zero-order valence-electron chi connectivity index (χ0n) is 14.9. The van der Waals surface area contributed by atoms with Gasteiger partial charge < -0.3 is 4.74 Å². The molecular formula is C18H9Cl4FN2O5S. The third-order valence-electron chi connectivity index (χ3n) is 3.79. The predicted molar refractivity (Wildman–Crippen MR) is 117 cm³/mol. The summed E-state index contributed by atoms with van der Waals surface area (Å²) in [4.78, 5) is 9.87. The number of nitro benzene ring substituents is 1. The molecule has 0 aromatic heterocycles. The van der Waals surface area contributed by atoms with Crippen LogP contribution in [0.25, 0.3) is 0 Å². The Bertz CT molecular complexity index is 1280. The summed E-state index contributed by atoms with van der Waals surface area (Å²) in [6.45, 7) is 0. The summed E-state index contributed by atoms with van der Waals surface area (Å²) in [6, 6.07) is 8.95. The van der Waals surface area contributed by atoms with Gasteiger partial charge in [-0.1, -0.05) is 46.4 Å². The van der Waals surface area contributed by atoms with Gasteiger partial charge in [0.05, 0.1) is 35.6 Å². The van der Waals surface area contributed by atoms with Gasteiger partial charge in [-0.15, -0.1) is 0 Å². The Morgan fingerprint density at radius 3 is 2.10 bits per heavy atom. The van der Waals surface area contributed by atoms with Crippen molar-refractivity contribution in [3.8, 4) is 11.5 Å². The van der Waals surface area contributed by atoms with Crippen LogP contribution in [-0.4, -0.2) is 13.3 Å². The fourth-order valence-corrected chi connectivity index (χ4v) is 4.55. The average Bonchev–Trinajstić information content (AvgIpc) is 2.68. The van der Waals surface area contributed by atoms with Crippen LogP contribution in [0, 0.1) is 15.9 Å². The monoisotopic (exact) mass is 524 g/mol. The first-order valence-electron chi connectivity index (χ1n) is 8.06. The molecule has 13 heteroatoms. The SMILES string of the molecule is O=[N+]([O-])c1ccc(Oc2c(Cl)cc(S(=O)(=O)Nc3ccc(F)c(Cl)c3)cc2Cl)c(Cl)c1. The van der Waals surface area contributed by atoms with Gasteiger partial charge in [-0.3, -0.25) is 14.8 Å². The minimum absolute atomic E-state index is 0.0192. The average molecular weight is 526 g/mol. The van der Waals surface area contributed by atoms with E-state index in [9.17, 15) is 22.9 Å². The molecule has 7 nitrogen and oxygen atoms in total. The van der Waals surface area contributed by atoms with E-state index in [0.717, 1.165) is 30.3 Å². The van der Waals surface area contributed by atoms with E-state index < -0.39 is 20.8 Å². The zero-order valence-corrected chi connectivity index (χ0v) is 18.7. The standard InChI is InChI=1S/C18H9Cl4FN2O5S/c19-12-5-9(1-3-16(12)23)24-31(28,29)11-7-14(21)18(15(22)8-11)30-17-4-2-10(25(26)27)6-13(17)20/h1-8,24H. The van der Waals surface area contributed by atoms with Crippen molar-refractivity contribution >= 4 is 67.8 Å². The lowest BCUT2D eigenvalue weighted by Crippen LogP contribution is -2.13. The highest BCUT2D eigenvalue weighted by Crippen LogP contribution is 2.41. The van der Waals surface area contributed by atoms with Crippen LogP contribution in [0.15, 0.2) is 53.4 Å². The Hall–Kier alpha value is -2.30. The number of hydrogen-bond acceptors (Lipinski definition) is 5. The molecule has 0 aliphatic heterocycles. The molecule has 3 rings (SSSR count). The van der Waals surface area contributed by atoms with Crippen LogP contribution in [0.5, 0.6) is 11.5 Å². The fourth-order valence-electron chi connectivity index (χ4n) is 2.36. The van der Waals surface area contributed by atoms with Crippen LogP contribution in [0.2, 0.25) is 20.1 Å². The molecule has 0 unspecified atom stereocenters. The molecule has 0 saturated carbocycles. The summed E-state index contributed by atoms with van der Waals surface area (Å²) < 4.78 is 46.3. The summed E-state index contributed by atoms with van der Waals surface area (Å²) in [5, 5.41) is 10.1. The molecule has 0 spiro atoms. The van der Waals surface area contributed by atoms with E-state index in [-0.39, 0.29) is 47.9 Å². The van der Waals surface area contributed by atoms with Crippen LogP contribution in [0.1, 0.15) is 0 Å². The number of rotatable bonds is 6. The molecule has 1 N–H and O–H groups in total. The molecule has 31 heavy (non-hydrogen) atoms. The number of nitrogens with one attached hydrogen (secondary N) is 1. The van der Waals surface area contributed by atoms with Crippen molar-refractivity contribution in [1.82, 2.24) is 0 Å². The molecule has 162 valence electrons. The summed E-state index contributed by atoms with van der Waals surface area (Å²) in [6.07, 6.45) is 0. The van der Waals surface area contributed by atoms with Gasteiger partial charge in [0.25, 0.3) is 15.7 Å². The molecule has 0 radical (unpaired) electrons. The molecule has 0 amide bonds. The Labute approximate surface area is 195 Å². The van der Waals surface area contributed by atoms with Crippen molar-refractivity contribution in [2.24, 2.45) is 0 Å². The Kier molecular flexibility index (Phi) is 6.82. The third kappa shape index (κ3) is 5.31. The minimum Gasteiger partial charge on any atom is -0.453 e. The van der Waals surface area contributed by atoms with Gasteiger partial charge in [0.2, 0.25) is 0 Å². The molecule has 3 aromatic carbocycles. The largest absolute Gasteiger partial charge is 0.453 e. The third-order valence-corrected chi connectivity index (χ3v) is 6.30. The lowest BCUT2D eigenvalue weighted by Gasteiger charge is -2.14. The number of anilines is 1. The lowest BCUT2D eigenvalue weighted by atomic mass is 10.3. The molecular weight excluding hydrogens is 517 g/mol. The smallest absolute Gasteiger partial charge is 0.271 e. The zero-order chi connectivity index (χ0) is 22.9. The molecule has 0 fully saturated rings. The van der Waals surface area contributed by atoms with Gasteiger partial charge in [0.1, 0.15) is 11.6 Å². The van der Waals surface area contributed by atoms with Crippen molar-refractivity contribution in [2.75, 3.05) is 4.72 Å². The summed E-state index contributed by atoms with van der Waals surface area (Å²) in [7, 11) is -4.16. The second-order valence-electron chi connectivity index (χ2n) is 5.92. The van der Waals surface area contributed by atoms with Gasteiger partial charge in [0.15, 0.2) is 5.75 Å². The molecule has 0 atom stereocenters. The van der Waals surface area contributed by atoms with Gasteiger partial charge in [-0.2, -0.15) is 0 Å². The van der Waals surface area contributed by atoms with E-state index in [4.69, 9.17) is 51.1 Å². The highest BCUT2D eigenvalue weighted by Gasteiger charge is 2.21. The van der Waals surface area contributed by atoms with Crippen molar-refractivity contribution in [1.29, 1.82) is 0 Å². The molecule has 0 aliphatic rings. The van der Waals surface area contributed by atoms with Crippen molar-refractivity contribution < 1.29 is 22.5 Å². The normalized spacial score (nSPS) is 11.3. The Balaban J connectivity index is 1.91. The molecule has 0 saturated heterocycles. The topological polar surface area (TPSA) is 98.5 Å². The number of non-ortho nitro benzene ring substituents is 1. The summed E-state index contributed by atoms with van der Waals surface area (Å²) in [5.74, 6) is -0.796. The fraction of sp³-hybridized carbons (Fsp3) is 0. The quantitative estimate of drug-likeness (QED) is 0.277. The maximum atomic E-state index is 13.3. The molecule has 3 aromatic rings. The molecule has 0 heterocycles. The number of halogens is 5. The first-order valence-corrected chi connectivity index (χ1v) is 11.1. The van der Waals surface area contributed by atoms with Crippen LogP contribution < -0.4 is 9.46 Å². The first kappa shape index (κ1) is 23.4.